The van der Waals surface area contributed by atoms with Crippen molar-refractivity contribution in [3.05, 3.63) is 47.5 Å². The molecule has 0 radical (unpaired) electrons. The molecule has 2 rings (SSSR count). The zero-order chi connectivity index (χ0) is 20.9. The number of nitrogens with one attached hydrogen (secondary N) is 1. The van der Waals surface area contributed by atoms with E-state index in [9.17, 15) is 13.2 Å². The van der Waals surface area contributed by atoms with Crippen molar-refractivity contribution < 1.29 is 27.4 Å². The van der Waals surface area contributed by atoms with Crippen molar-refractivity contribution >= 4 is 21.6 Å². The Morgan fingerprint density at radius 2 is 1.57 bits per heavy atom. The second-order valence-electron chi connectivity index (χ2n) is 5.95. The number of nitrogens with zero attached hydrogens (tertiary/aromatic N) is 1. The molecule has 0 saturated heterocycles. The van der Waals surface area contributed by atoms with Crippen LogP contribution in [0.25, 0.3) is 0 Å². The van der Waals surface area contributed by atoms with Gasteiger partial charge in [-0.25, -0.2) is 8.42 Å². The van der Waals surface area contributed by atoms with E-state index in [-0.39, 0.29) is 12.5 Å². The van der Waals surface area contributed by atoms with Gasteiger partial charge >= 0.3 is 0 Å². The Balaban J connectivity index is 2.14. The van der Waals surface area contributed by atoms with Crippen LogP contribution in [0.2, 0.25) is 0 Å². The number of hydrogen-bond donors (Lipinski definition) is 1. The van der Waals surface area contributed by atoms with Crippen molar-refractivity contribution in [1.82, 2.24) is 5.32 Å². The molecule has 8 nitrogen and oxygen atoms in total. The summed E-state index contributed by atoms with van der Waals surface area (Å²) >= 11 is 0. The number of hydrogen-bond acceptors (Lipinski definition) is 6. The normalized spacial score (nSPS) is 10.9. The van der Waals surface area contributed by atoms with E-state index in [1.165, 1.54) is 28.4 Å². The summed E-state index contributed by atoms with van der Waals surface area (Å²) in [5.41, 5.74) is 1.60. The van der Waals surface area contributed by atoms with Crippen LogP contribution < -0.4 is 23.8 Å². The molecule has 1 amide bonds. The third kappa shape index (κ3) is 4.66. The van der Waals surface area contributed by atoms with E-state index in [0.717, 1.165) is 16.1 Å². The van der Waals surface area contributed by atoms with Gasteiger partial charge in [0, 0.05) is 24.7 Å². The molecule has 152 valence electrons. The molecule has 0 unspecified atom stereocenters. The van der Waals surface area contributed by atoms with Crippen molar-refractivity contribution in [2.75, 3.05) is 38.9 Å². The second-order valence-corrected chi connectivity index (χ2v) is 7.97. The van der Waals surface area contributed by atoms with Gasteiger partial charge in [-0.15, -0.1) is 0 Å². The molecule has 9 heteroatoms. The lowest BCUT2D eigenvalue weighted by atomic mass is 10.1. The second kappa shape index (κ2) is 8.83. The molecular formula is C19H24N2O6S. The van der Waals surface area contributed by atoms with Crippen molar-refractivity contribution in [2.45, 2.75) is 6.54 Å². The molecule has 2 aromatic rings. The topological polar surface area (TPSA) is 94.2 Å². The molecule has 0 aliphatic heterocycles. The van der Waals surface area contributed by atoms with Gasteiger partial charge in [0.15, 0.2) is 11.5 Å². The predicted molar refractivity (Wildman–Crippen MR) is 107 cm³/mol. The summed E-state index contributed by atoms with van der Waals surface area (Å²) in [5, 5.41) is 2.81. The number of carbonyl (C=O) groups excluding carboxylic acids is 1. The molecule has 0 saturated carbocycles. The number of benzene rings is 2. The SMILES string of the molecule is COc1ccc(CNC(=O)c2ccc(N(C)S(C)(=O)=O)cc2)c(OC)c1OC. The van der Waals surface area contributed by atoms with Gasteiger partial charge in [0.25, 0.3) is 5.91 Å². The molecule has 0 fully saturated rings. The average Bonchev–Trinajstić information content (AvgIpc) is 2.69. The lowest BCUT2D eigenvalue weighted by Crippen LogP contribution is -2.25. The summed E-state index contributed by atoms with van der Waals surface area (Å²) in [6.45, 7) is 0.216. The van der Waals surface area contributed by atoms with Crippen LogP contribution in [0.3, 0.4) is 0 Å². The maximum Gasteiger partial charge on any atom is 0.251 e. The van der Waals surface area contributed by atoms with Gasteiger partial charge in [0.05, 0.1) is 33.3 Å². The molecule has 0 bridgehead atoms. The van der Waals surface area contributed by atoms with E-state index in [1.807, 2.05) is 0 Å². The van der Waals surface area contributed by atoms with Crippen LogP contribution in [0, 0.1) is 0 Å². The van der Waals surface area contributed by atoms with Crippen LogP contribution in [-0.4, -0.2) is 49.0 Å². The van der Waals surface area contributed by atoms with Gasteiger partial charge in [-0.1, -0.05) is 0 Å². The van der Waals surface area contributed by atoms with Crippen LogP contribution in [0.5, 0.6) is 17.2 Å². The van der Waals surface area contributed by atoms with Crippen LogP contribution in [-0.2, 0) is 16.6 Å². The number of carbonyl (C=O) groups is 1. The fourth-order valence-electron chi connectivity index (χ4n) is 2.59. The summed E-state index contributed by atoms with van der Waals surface area (Å²) in [5.74, 6) is 1.16. The fraction of sp³-hybridized carbons (Fsp3) is 0.316. The number of rotatable bonds is 8. The number of ether oxygens (including phenoxy) is 3. The number of sulfonamides is 1. The standard InChI is InChI=1S/C19H24N2O6S/c1-21(28(5,23)24)15-9-6-13(7-10-15)19(22)20-12-14-8-11-16(25-2)18(27-4)17(14)26-3/h6-11H,12H2,1-5H3,(H,20,22). The van der Waals surface area contributed by atoms with Crippen LogP contribution >= 0.6 is 0 Å². The van der Waals surface area contributed by atoms with Gasteiger partial charge < -0.3 is 19.5 Å². The quantitative estimate of drug-likeness (QED) is 0.718. The van der Waals surface area contributed by atoms with Crippen LogP contribution in [0.4, 0.5) is 5.69 Å². The highest BCUT2D eigenvalue weighted by Crippen LogP contribution is 2.39. The van der Waals surface area contributed by atoms with Crippen molar-refractivity contribution in [3.8, 4) is 17.2 Å². The number of amides is 1. The summed E-state index contributed by atoms with van der Waals surface area (Å²) < 4.78 is 40.3. The third-order valence-corrected chi connectivity index (χ3v) is 5.42. The molecule has 2 aromatic carbocycles. The van der Waals surface area contributed by atoms with E-state index in [4.69, 9.17) is 14.2 Å². The van der Waals surface area contributed by atoms with Gasteiger partial charge in [0.1, 0.15) is 0 Å². The third-order valence-electron chi connectivity index (χ3n) is 4.22. The lowest BCUT2D eigenvalue weighted by molar-refractivity contribution is 0.0950. The Labute approximate surface area is 165 Å². The molecule has 0 aromatic heterocycles. The monoisotopic (exact) mass is 408 g/mol. The molecule has 0 aliphatic carbocycles. The molecule has 0 atom stereocenters. The highest BCUT2D eigenvalue weighted by atomic mass is 32.2. The van der Waals surface area contributed by atoms with E-state index >= 15 is 0 Å². The first-order chi connectivity index (χ1) is 13.2. The average molecular weight is 408 g/mol. The molecule has 1 N–H and O–H groups in total. The maximum atomic E-state index is 12.4. The van der Waals surface area contributed by atoms with E-state index in [2.05, 4.69) is 5.32 Å². The van der Waals surface area contributed by atoms with E-state index in [0.29, 0.717) is 28.5 Å². The summed E-state index contributed by atoms with van der Waals surface area (Å²) in [4.78, 5) is 12.4. The fourth-order valence-corrected chi connectivity index (χ4v) is 3.10. The van der Waals surface area contributed by atoms with Gasteiger partial charge in [-0.05, 0) is 36.4 Å². The smallest absolute Gasteiger partial charge is 0.251 e. The minimum Gasteiger partial charge on any atom is -0.493 e. The van der Waals surface area contributed by atoms with Gasteiger partial charge in [-0.3, -0.25) is 9.10 Å². The van der Waals surface area contributed by atoms with E-state index in [1.54, 1.807) is 36.4 Å². The first kappa shape index (κ1) is 21.4. The maximum absolute atomic E-state index is 12.4. The Kier molecular flexibility index (Phi) is 6.74. The highest BCUT2D eigenvalue weighted by Gasteiger charge is 2.17. The summed E-state index contributed by atoms with van der Waals surface area (Å²) in [6, 6.07) is 9.81. The number of methoxy groups -OCH3 is 3. The Morgan fingerprint density at radius 3 is 2.07 bits per heavy atom. The first-order valence-electron chi connectivity index (χ1n) is 8.33. The Bertz CT molecular complexity index is 942. The van der Waals surface area contributed by atoms with Crippen LogP contribution in [0.1, 0.15) is 15.9 Å². The highest BCUT2D eigenvalue weighted by molar-refractivity contribution is 7.92. The molecular weight excluding hydrogens is 384 g/mol. The summed E-state index contributed by atoms with van der Waals surface area (Å²) in [7, 11) is 2.65. The minimum absolute atomic E-state index is 0.216. The zero-order valence-electron chi connectivity index (χ0n) is 16.5. The first-order valence-corrected chi connectivity index (χ1v) is 10.2. The lowest BCUT2D eigenvalue weighted by Gasteiger charge is -2.17. The van der Waals surface area contributed by atoms with Crippen molar-refractivity contribution in [1.29, 1.82) is 0 Å². The van der Waals surface area contributed by atoms with Crippen molar-refractivity contribution in [2.24, 2.45) is 0 Å². The van der Waals surface area contributed by atoms with Gasteiger partial charge in [-0.2, -0.15) is 0 Å². The number of anilines is 1. The zero-order valence-corrected chi connectivity index (χ0v) is 17.3. The minimum atomic E-state index is -3.36. The predicted octanol–water partition coefficient (Wildman–Crippen LogP) is 2.04. The van der Waals surface area contributed by atoms with Crippen molar-refractivity contribution in [3.63, 3.8) is 0 Å². The Morgan fingerprint density at radius 1 is 0.964 bits per heavy atom. The summed E-state index contributed by atoms with van der Waals surface area (Å²) in [6.07, 6.45) is 1.12. The largest absolute Gasteiger partial charge is 0.493 e. The molecule has 0 heterocycles. The van der Waals surface area contributed by atoms with Gasteiger partial charge in [0.2, 0.25) is 15.8 Å². The Hall–Kier alpha value is -2.94. The molecule has 28 heavy (non-hydrogen) atoms. The van der Waals surface area contributed by atoms with Crippen LogP contribution in [0.15, 0.2) is 36.4 Å². The van der Waals surface area contributed by atoms with E-state index < -0.39 is 10.0 Å². The molecule has 0 aliphatic rings. The molecule has 0 spiro atoms.